The van der Waals surface area contributed by atoms with Gasteiger partial charge < -0.3 is 5.32 Å². The number of carbonyl (C=O) groups is 1. The van der Waals surface area contributed by atoms with Gasteiger partial charge in [0.2, 0.25) is 0 Å². The number of hydrogen-bond donors (Lipinski definition) is 1. The average molecular weight is 249 g/mol. The van der Waals surface area contributed by atoms with E-state index in [1.807, 2.05) is 11.4 Å². The van der Waals surface area contributed by atoms with Gasteiger partial charge in [0.05, 0.1) is 6.54 Å². The van der Waals surface area contributed by atoms with Crippen molar-refractivity contribution in [1.82, 2.24) is 5.32 Å². The van der Waals surface area contributed by atoms with E-state index in [-0.39, 0.29) is 6.54 Å². The van der Waals surface area contributed by atoms with Crippen molar-refractivity contribution in [1.29, 1.82) is 0 Å². The van der Waals surface area contributed by atoms with Crippen molar-refractivity contribution >= 4 is 17.2 Å². The molecule has 0 saturated heterocycles. The number of carbonyl (C=O) groups excluding carboxylic acids is 1. The number of halogens is 3. The maximum Gasteiger partial charge on any atom is 0.471 e. The summed E-state index contributed by atoms with van der Waals surface area (Å²) in [7, 11) is 0. The molecule has 0 aromatic carbocycles. The van der Waals surface area contributed by atoms with Gasteiger partial charge in [0.25, 0.3) is 0 Å². The lowest BCUT2D eigenvalue weighted by Crippen LogP contribution is -2.36. The number of alkyl halides is 3. The van der Waals surface area contributed by atoms with E-state index in [0.717, 1.165) is 24.1 Å². The molecule has 1 aliphatic rings. The predicted molar refractivity (Wildman–Crippen MR) is 54.2 cm³/mol. The molecule has 1 N–H and O–H groups in total. The lowest BCUT2D eigenvalue weighted by molar-refractivity contribution is -0.173. The van der Waals surface area contributed by atoms with Gasteiger partial charge in [-0.15, -0.1) is 11.3 Å². The molecule has 0 unspecified atom stereocenters. The number of aryl methyl sites for hydroxylation is 2. The minimum Gasteiger partial charge on any atom is -0.343 e. The van der Waals surface area contributed by atoms with Crippen molar-refractivity contribution in [2.45, 2.75) is 32.0 Å². The van der Waals surface area contributed by atoms with Gasteiger partial charge in [-0.05, 0) is 30.9 Å². The van der Waals surface area contributed by atoms with Crippen LogP contribution < -0.4 is 5.32 Å². The Morgan fingerprint density at radius 3 is 2.81 bits per heavy atom. The molecular formula is C10H10F3NOS. The van der Waals surface area contributed by atoms with E-state index >= 15 is 0 Å². The molecule has 0 atom stereocenters. The summed E-state index contributed by atoms with van der Waals surface area (Å²) >= 11 is 1.49. The van der Waals surface area contributed by atoms with E-state index in [0.29, 0.717) is 0 Å². The van der Waals surface area contributed by atoms with Crippen LogP contribution >= 0.6 is 11.3 Å². The third-order valence-corrected chi connectivity index (χ3v) is 3.72. The summed E-state index contributed by atoms with van der Waals surface area (Å²) in [4.78, 5) is 12.6. The number of amides is 1. The lowest BCUT2D eigenvalue weighted by atomic mass is 10.2. The topological polar surface area (TPSA) is 29.1 Å². The first kappa shape index (κ1) is 11.4. The van der Waals surface area contributed by atoms with Crippen LogP contribution in [0.15, 0.2) is 6.07 Å². The Hall–Kier alpha value is -1.04. The second-order valence-corrected chi connectivity index (χ2v) is 4.92. The van der Waals surface area contributed by atoms with Crippen LogP contribution in [0.5, 0.6) is 0 Å². The molecule has 0 fully saturated rings. The highest BCUT2D eigenvalue weighted by Crippen LogP contribution is 2.30. The number of thiophene rings is 1. The normalized spacial score (nSPS) is 14.9. The molecule has 0 radical (unpaired) electrons. The van der Waals surface area contributed by atoms with E-state index in [9.17, 15) is 18.0 Å². The number of rotatable bonds is 2. The molecule has 1 aromatic rings. The number of fused-ring (bicyclic) bond motifs is 1. The molecule has 6 heteroatoms. The Balaban J connectivity index is 1.93. The largest absolute Gasteiger partial charge is 0.471 e. The quantitative estimate of drug-likeness (QED) is 0.856. The molecular weight excluding hydrogens is 239 g/mol. The van der Waals surface area contributed by atoms with Crippen LogP contribution in [0, 0.1) is 0 Å². The molecule has 2 rings (SSSR count). The monoisotopic (exact) mass is 249 g/mol. The van der Waals surface area contributed by atoms with E-state index in [1.165, 1.54) is 21.8 Å². The van der Waals surface area contributed by atoms with Gasteiger partial charge in [-0.25, -0.2) is 0 Å². The first-order chi connectivity index (χ1) is 7.47. The first-order valence-electron chi connectivity index (χ1n) is 4.92. The fourth-order valence-corrected chi connectivity index (χ4v) is 2.95. The summed E-state index contributed by atoms with van der Waals surface area (Å²) < 4.78 is 35.7. The minimum atomic E-state index is -4.79. The molecule has 1 aliphatic carbocycles. The Labute approximate surface area is 94.5 Å². The Kier molecular flexibility index (Phi) is 2.92. The van der Waals surface area contributed by atoms with Crippen molar-refractivity contribution in [3.05, 3.63) is 21.4 Å². The van der Waals surface area contributed by atoms with Crippen LogP contribution in [-0.2, 0) is 24.2 Å². The summed E-state index contributed by atoms with van der Waals surface area (Å²) in [5.74, 6) is -1.87. The Morgan fingerprint density at radius 1 is 1.44 bits per heavy atom. The maximum atomic E-state index is 11.9. The summed E-state index contributed by atoms with van der Waals surface area (Å²) in [6.07, 6.45) is -1.66. The smallest absolute Gasteiger partial charge is 0.343 e. The van der Waals surface area contributed by atoms with Gasteiger partial charge in [-0.1, -0.05) is 0 Å². The van der Waals surface area contributed by atoms with Gasteiger partial charge in [0, 0.05) is 9.75 Å². The Morgan fingerprint density at radius 2 is 2.19 bits per heavy atom. The average Bonchev–Trinajstić information content (AvgIpc) is 2.71. The highest BCUT2D eigenvalue weighted by Gasteiger charge is 2.38. The third kappa shape index (κ3) is 2.37. The second-order valence-electron chi connectivity index (χ2n) is 3.70. The van der Waals surface area contributed by atoms with Gasteiger partial charge in [0.15, 0.2) is 0 Å². The molecule has 16 heavy (non-hydrogen) atoms. The molecule has 0 aliphatic heterocycles. The van der Waals surface area contributed by atoms with Crippen molar-refractivity contribution in [3.63, 3.8) is 0 Å². The van der Waals surface area contributed by atoms with Gasteiger partial charge >= 0.3 is 12.1 Å². The van der Waals surface area contributed by atoms with E-state index in [4.69, 9.17) is 0 Å². The van der Waals surface area contributed by atoms with Gasteiger partial charge in [-0.2, -0.15) is 13.2 Å². The van der Waals surface area contributed by atoms with Crippen LogP contribution in [0.1, 0.15) is 21.7 Å². The van der Waals surface area contributed by atoms with E-state index < -0.39 is 12.1 Å². The van der Waals surface area contributed by atoms with E-state index in [2.05, 4.69) is 0 Å². The van der Waals surface area contributed by atoms with Crippen molar-refractivity contribution in [2.24, 2.45) is 0 Å². The highest BCUT2D eigenvalue weighted by atomic mass is 32.1. The zero-order valence-corrected chi connectivity index (χ0v) is 9.17. The standard InChI is InChI=1S/C10H10F3NOS/c11-10(12,13)9(15)14-5-7-4-6-2-1-3-8(6)16-7/h4H,1-3,5H2,(H,14,15). The molecule has 0 saturated carbocycles. The van der Waals surface area contributed by atoms with Crippen LogP contribution in [0.25, 0.3) is 0 Å². The highest BCUT2D eigenvalue weighted by molar-refractivity contribution is 7.12. The predicted octanol–water partition coefficient (Wildman–Crippen LogP) is 2.42. The number of nitrogens with one attached hydrogen (secondary N) is 1. The summed E-state index contributed by atoms with van der Waals surface area (Å²) in [5.41, 5.74) is 1.22. The molecule has 2 nitrogen and oxygen atoms in total. The number of hydrogen-bond acceptors (Lipinski definition) is 2. The SMILES string of the molecule is O=C(NCc1cc2c(s1)CCC2)C(F)(F)F. The molecule has 88 valence electrons. The van der Waals surface area contributed by atoms with Crippen molar-refractivity contribution < 1.29 is 18.0 Å². The van der Waals surface area contributed by atoms with Crippen molar-refractivity contribution in [3.8, 4) is 0 Å². The Bertz CT molecular complexity index is 389. The minimum absolute atomic E-state index is 0.0317. The lowest BCUT2D eigenvalue weighted by Gasteiger charge is -2.06. The van der Waals surface area contributed by atoms with Gasteiger partial charge in [0.1, 0.15) is 0 Å². The molecule has 1 aromatic heterocycles. The van der Waals surface area contributed by atoms with Crippen molar-refractivity contribution in [2.75, 3.05) is 0 Å². The van der Waals surface area contributed by atoms with Crippen LogP contribution in [0.2, 0.25) is 0 Å². The van der Waals surface area contributed by atoms with Crippen LogP contribution in [-0.4, -0.2) is 12.1 Å². The zero-order valence-electron chi connectivity index (χ0n) is 8.36. The summed E-state index contributed by atoms with van der Waals surface area (Å²) in [6, 6.07) is 1.89. The molecule has 1 amide bonds. The third-order valence-electron chi connectivity index (χ3n) is 2.48. The fraction of sp³-hybridized carbons (Fsp3) is 0.500. The maximum absolute atomic E-state index is 11.9. The molecule has 1 heterocycles. The molecule has 0 bridgehead atoms. The van der Waals surface area contributed by atoms with Gasteiger partial charge in [-0.3, -0.25) is 4.79 Å². The first-order valence-corrected chi connectivity index (χ1v) is 5.74. The fourth-order valence-electron chi connectivity index (χ4n) is 1.75. The summed E-state index contributed by atoms with van der Waals surface area (Å²) in [5, 5.41) is 1.87. The van der Waals surface area contributed by atoms with E-state index in [1.54, 1.807) is 0 Å². The second kappa shape index (κ2) is 4.08. The zero-order chi connectivity index (χ0) is 11.8. The molecule has 0 spiro atoms. The van der Waals surface area contributed by atoms with Crippen LogP contribution in [0.4, 0.5) is 13.2 Å². The summed E-state index contributed by atoms with van der Waals surface area (Å²) in [6.45, 7) is -0.0317. The van der Waals surface area contributed by atoms with Crippen LogP contribution in [0.3, 0.4) is 0 Å².